The van der Waals surface area contributed by atoms with Crippen molar-refractivity contribution in [3.05, 3.63) is 57.8 Å². The van der Waals surface area contributed by atoms with Crippen LogP contribution in [0.3, 0.4) is 0 Å². The molecule has 0 spiro atoms. The second-order valence-corrected chi connectivity index (χ2v) is 5.74. The van der Waals surface area contributed by atoms with Crippen LogP contribution < -0.4 is 11.1 Å². The molecule has 1 aromatic carbocycles. The standard InChI is InChI=1S/C16H17BrN4O/c1-2-14(15-6-4-12(17)9-20-15)21-16(22)10-3-5-13(19)11(7-10)8-18/h3-9,14,18H,2,19H2,1H3,(H,21,22). The third-order valence-electron chi connectivity index (χ3n) is 3.33. The van der Waals surface area contributed by atoms with Gasteiger partial charge in [0.05, 0.1) is 11.7 Å². The molecule has 1 heterocycles. The lowest BCUT2D eigenvalue weighted by Crippen LogP contribution is -2.28. The molecular formula is C16H17BrN4O. The number of nitrogens with zero attached hydrogens (tertiary/aromatic N) is 1. The highest BCUT2D eigenvalue weighted by Crippen LogP contribution is 2.18. The number of anilines is 1. The van der Waals surface area contributed by atoms with E-state index in [1.807, 2.05) is 19.1 Å². The summed E-state index contributed by atoms with van der Waals surface area (Å²) >= 11 is 3.34. The van der Waals surface area contributed by atoms with Gasteiger partial charge in [0.2, 0.25) is 0 Å². The summed E-state index contributed by atoms with van der Waals surface area (Å²) in [4.78, 5) is 16.7. The van der Waals surface area contributed by atoms with Crippen LogP contribution in [0.1, 0.15) is 41.0 Å². The fourth-order valence-electron chi connectivity index (χ4n) is 2.06. The fraction of sp³-hybridized carbons (Fsp3) is 0.188. The Balaban J connectivity index is 2.18. The van der Waals surface area contributed by atoms with Gasteiger partial charge in [0.15, 0.2) is 0 Å². The fourth-order valence-corrected chi connectivity index (χ4v) is 2.30. The quantitative estimate of drug-likeness (QED) is 0.564. The van der Waals surface area contributed by atoms with Crippen molar-refractivity contribution in [1.29, 1.82) is 5.41 Å². The van der Waals surface area contributed by atoms with Gasteiger partial charge in [0.25, 0.3) is 5.91 Å². The number of amides is 1. The molecule has 6 heteroatoms. The van der Waals surface area contributed by atoms with Crippen LogP contribution in [0.15, 0.2) is 41.0 Å². The molecule has 1 amide bonds. The predicted molar refractivity (Wildman–Crippen MR) is 91.2 cm³/mol. The number of benzene rings is 1. The zero-order chi connectivity index (χ0) is 16.1. The smallest absolute Gasteiger partial charge is 0.251 e. The first kappa shape index (κ1) is 16.2. The Morgan fingerprint density at radius 3 is 2.82 bits per heavy atom. The maximum atomic E-state index is 12.4. The van der Waals surface area contributed by atoms with E-state index in [0.717, 1.165) is 22.8 Å². The van der Waals surface area contributed by atoms with Gasteiger partial charge in [-0.1, -0.05) is 6.92 Å². The highest BCUT2D eigenvalue weighted by molar-refractivity contribution is 9.10. The Kier molecular flexibility index (Phi) is 5.27. The molecule has 0 aliphatic rings. The van der Waals surface area contributed by atoms with Gasteiger partial charge in [0, 0.05) is 33.7 Å². The van der Waals surface area contributed by atoms with Crippen LogP contribution in [0.25, 0.3) is 0 Å². The average Bonchev–Trinajstić information content (AvgIpc) is 2.53. The van der Waals surface area contributed by atoms with Crippen molar-refractivity contribution in [3.63, 3.8) is 0 Å². The number of nitrogens with one attached hydrogen (secondary N) is 2. The van der Waals surface area contributed by atoms with Crippen molar-refractivity contribution in [2.24, 2.45) is 0 Å². The number of halogens is 1. The molecule has 0 bridgehead atoms. The molecule has 0 saturated heterocycles. The number of rotatable bonds is 5. The SMILES string of the molecule is CCC(NC(=O)c1ccc(N)c(C=N)c1)c1ccc(Br)cn1. The van der Waals surface area contributed by atoms with Crippen LogP contribution in [-0.2, 0) is 0 Å². The number of aromatic nitrogens is 1. The molecule has 0 saturated carbocycles. The first-order valence-corrected chi connectivity index (χ1v) is 7.66. The van der Waals surface area contributed by atoms with Crippen LogP contribution in [0.4, 0.5) is 5.69 Å². The number of nitrogens with two attached hydrogens (primary N) is 1. The first-order chi connectivity index (χ1) is 10.5. The van der Waals surface area contributed by atoms with Crippen molar-refractivity contribution in [1.82, 2.24) is 10.3 Å². The van der Waals surface area contributed by atoms with Gasteiger partial charge in [-0.15, -0.1) is 0 Å². The lowest BCUT2D eigenvalue weighted by Gasteiger charge is -2.17. The third kappa shape index (κ3) is 3.71. The molecule has 0 aliphatic carbocycles. The number of hydrogen-bond acceptors (Lipinski definition) is 4. The van der Waals surface area contributed by atoms with Crippen molar-refractivity contribution < 1.29 is 4.79 Å². The molecule has 4 N–H and O–H groups in total. The number of carbonyl (C=O) groups excluding carboxylic acids is 1. The van der Waals surface area contributed by atoms with Gasteiger partial charge in [-0.3, -0.25) is 9.78 Å². The monoisotopic (exact) mass is 360 g/mol. The van der Waals surface area contributed by atoms with E-state index in [2.05, 4.69) is 26.2 Å². The maximum Gasteiger partial charge on any atom is 0.251 e. The van der Waals surface area contributed by atoms with Gasteiger partial charge < -0.3 is 16.5 Å². The molecule has 1 aromatic heterocycles. The number of hydrogen-bond donors (Lipinski definition) is 3. The second kappa shape index (κ2) is 7.17. The summed E-state index contributed by atoms with van der Waals surface area (Å²) < 4.78 is 0.895. The van der Waals surface area contributed by atoms with Crippen LogP contribution in [0.2, 0.25) is 0 Å². The van der Waals surface area contributed by atoms with Crippen LogP contribution >= 0.6 is 15.9 Å². The van der Waals surface area contributed by atoms with E-state index >= 15 is 0 Å². The van der Waals surface area contributed by atoms with Crippen LogP contribution in [0.5, 0.6) is 0 Å². The molecule has 2 rings (SSSR count). The topological polar surface area (TPSA) is 91.9 Å². The van der Waals surface area contributed by atoms with E-state index in [0.29, 0.717) is 16.8 Å². The predicted octanol–water partition coefficient (Wildman–Crippen LogP) is 3.31. The van der Waals surface area contributed by atoms with E-state index in [9.17, 15) is 4.79 Å². The van der Waals surface area contributed by atoms with Crippen molar-refractivity contribution in [2.75, 3.05) is 5.73 Å². The highest BCUT2D eigenvalue weighted by atomic mass is 79.9. The Hall–Kier alpha value is -2.21. The minimum absolute atomic E-state index is 0.165. The Labute approximate surface area is 137 Å². The molecule has 114 valence electrons. The lowest BCUT2D eigenvalue weighted by atomic mass is 10.1. The Bertz CT molecular complexity index is 685. The molecule has 1 unspecified atom stereocenters. The van der Waals surface area contributed by atoms with Crippen molar-refractivity contribution in [2.45, 2.75) is 19.4 Å². The average molecular weight is 361 g/mol. The molecule has 2 aromatic rings. The summed E-state index contributed by atoms with van der Waals surface area (Å²) in [6, 6.07) is 8.51. The van der Waals surface area contributed by atoms with E-state index in [-0.39, 0.29) is 11.9 Å². The molecule has 0 radical (unpaired) electrons. The van der Waals surface area contributed by atoms with E-state index in [1.165, 1.54) is 0 Å². The number of nitrogen functional groups attached to an aromatic ring is 1. The minimum Gasteiger partial charge on any atom is -0.398 e. The summed E-state index contributed by atoms with van der Waals surface area (Å²) in [5.74, 6) is -0.209. The summed E-state index contributed by atoms with van der Waals surface area (Å²) in [6.07, 6.45) is 3.58. The van der Waals surface area contributed by atoms with Gasteiger partial charge in [-0.25, -0.2) is 0 Å². The molecule has 1 atom stereocenters. The zero-order valence-corrected chi connectivity index (χ0v) is 13.7. The summed E-state index contributed by atoms with van der Waals surface area (Å²) in [5, 5.41) is 10.3. The second-order valence-electron chi connectivity index (χ2n) is 4.82. The summed E-state index contributed by atoms with van der Waals surface area (Å²) in [6.45, 7) is 1.99. The van der Waals surface area contributed by atoms with Gasteiger partial charge >= 0.3 is 0 Å². The van der Waals surface area contributed by atoms with E-state index < -0.39 is 0 Å². The highest BCUT2D eigenvalue weighted by Gasteiger charge is 2.15. The van der Waals surface area contributed by atoms with Gasteiger partial charge in [-0.2, -0.15) is 0 Å². The van der Waals surface area contributed by atoms with E-state index in [1.54, 1.807) is 24.4 Å². The molecule has 0 aliphatic heterocycles. The van der Waals surface area contributed by atoms with Gasteiger partial charge in [-0.05, 0) is 52.7 Å². The van der Waals surface area contributed by atoms with Crippen LogP contribution in [-0.4, -0.2) is 17.1 Å². The van der Waals surface area contributed by atoms with Crippen molar-refractivity contribution >= 4 is 33.7 Å². The zero-order valence-electron chi connectivity index (χ0n) is 12.1. The molecule has 22 heavy (non-hydrogen) atoms. The van der Waals surface area contributed by atoms with Crippen LogP contribution in [0, 0.1) is 5.41 Å². The van der Waals surface area contributed by atoms with Gasteiger partial charge in [0.1, 0.15) is 0 Å². The lowest BCUT2D eigenvalue weighted by molar-refractivity contribution is 0.0934. The Morgan fingerprint density at radius 1 is 1.45 bits per heavy atom. The third-order valence-corrected chi connectivity index (χ3v) is 3.79. The molecular weight excluding hydrogens is 344 g/mol. The van der Waals surface area contributed by atoms with Crippen molar-refractivity contribution in [3.8, 4) is 0 Å². The minimum atomic E-state index is -0.209. The number of pyridine rings is 1. The number of carbonyl (C=O) groups is 1. The molecule has 5 nitrogen and oxygen atoms in total. The summed E-state index contributed by atoms with van der Waals surface area (Å²) in [5.41, 5.74) is 8.03. The largest absolute Gasteiger partial charge is 0.398 e. The summed E-state index contributed by atoms with van der Waals surface area (Å²) in [7, 11) is 0. The Morgan fingerprint density at radius 2 is 2.23 bits per heavy atom. The van der Waals surface area contributed by atoms with E-state index in [4.69, 9.17) is 11.1 Å². The first-order valence-electron chi connectivity index (χ1n) is 6.87. The normalized spacial score (nSPS) is 11.7. The maximum absolute atomic E-state index is 12.4. The molecule has 0 fully saturated rings.